The molecule has 116 valence electrons. The van der Waals surface area contributed by atoms with Crippen molar-refractivity contribution in [3.8, 4) is 0 Å². The van der Waals surface area contributed by atoms with Gasteiger partial charge in [-0.2, -0.15) is 10.2 Å². The standard InChI is InChI=1S/C16H27N5/c1-6-10-21-16(8-9-18-21)15(17-7-2)11-14-12(3)19-20(5)13(14)4/h8-9,15,17H,6-7,10-11H2,1-5H3. The number of aromatic nitrogens is 4. The fourth-order valence-corrected chi connectivity index (χ4v) is 2.88. The molecule has 0 aliphatic rings. The molecule has 0 aliphatic heterocycles. The third-order valence-electron chi connectivity index (χ3n) is 4.06. The number of nitrogens with zero attached hydrogens (tertiary/aromatic N) is 4. The van der Waals surface area contributed by atoms with Crippen LogP contribution in [0.2, 0.25) is 0 Å². The summed E-state index contributed by atoms with van der Waals surface area (Å²) in [5, 5.41) is 12.6. The topological polar surface area (TPSA) is 47.7 Å². The molecule has 2 aromatic heterocycles. The van der Waals surface area contributed by atoms with E-state index in [1.54, 1.807) is 0 Å². The monoisotopic (exact) mass is 289 g/mol. The van der Waals surface area contributed by atoms with Gasteiger partial charge in [-0.15, -0.1) is 0 Å². The van der Waals surface area contributed by atoms with E-state index in [4.69, 9.17) is 0 Å². The van der Waals surface area contributed by atoms with Crippen LogP contribution in [0.1, 0.15) is 49.0 Å². The van der Waals surface area contributed by atoms with E-state index in [0.717, 1.165) is 31.6 Å². The van der Waals surface area contributed by atoms with Gasteiger partial charge in [0.15, 0.2) is 0 Å². The SMILES string of the molecule is CCCn1nccc1C(Cc1c(C)nn(C)c1C)NCC. The Morgan fingerprint density at radius 1 is 1.29 bits per heavy atom. The van der Waals surface area contributed by atoms with Gasteiger partial charge in [-0.25, -0.2) is 0 Å². The number of hydrogen-bond acceptors (Lipinski definition) is 3. The Balaban J connectivity index is 2.28. The van der Waals surface area contributed by atoms with Crippen LogP contribution in [0.15, 0.2) is 12.3 Å². The Hall–Kier alpha value is -1.62. The number of hydrogen-bond donors (Lipinski definition) is 1. The fraction of sp³-hybridized carbons (Fsp3) is 0.625. The predicted octanol–water partition coefficient (Wildman–Crippen LogP) is 2.54. The van der Waals surface area contributed by atoms with Crippen LogP contribution >= 0.6 is 0 Å². The van der Waals surface area contributed by atoms with E-state index in [1.165, 1.54) is 17.0 Å². The molecule has 0 saturated heterocycles. The molecule has 0 aromatic carbocycles. The van der Waals surface area contributed by atoms with Crippen molar-refractivity contribution >= 4 is 0 Å². The van der Waals surface area contributed by atoms with Crippen LogP contribution in [-0.4, -0.2) is 26.1 Å². The summed E-state index contributed by atoms with van der Waals surface area (Å²) in [6.07, 6.45) is 3.95. The highest BCUT2D eigenvalue weighted by Crippen LogP contribution is 2.22. The van der Waals surface area contributed by atoms with Gasteiger partial charge in [0, 0.05) is 25.5 Å². The first-order valence-corrected chi connectivity index (χ1v) is 7.82. The molecular weight excluding hydrogens is 262 g/mol. The summed E-state index contributed by atoms with van der Waals surface area (Å²) in [5.41, 5.74) is 4.98. The van der Waals surface area contributed by atoms with Gasteiger partial charge in [-0.05, 0) is 44.9 Å². The van der Waals surface area contributed by atoms with E-state index in [1.807, 2.05) is 17.9 Å². The van der Waals surface area contributed by atoms with E-state index < -0.39 is 0 Å². The van der Waals surface area contributed by atoms with Crippen molar-refractivity contribution in [1.82, 2.24) is 24.9 Å². The first-order valence-electron chi connectivity index (χ1n) is 7.82. The molecule has 0 fully saturated rings. The summed E-state index contributed by atoms with van der Waals surface area (Å²) < 4.78 is 4.09. The van der Waals surface area contributed by atoms with Crippen molar-refractivity contribution in [2.45, 2.75) is 53.1 Å². The zero-order valence-corrected chi connectivity index (χ0v) is 13.8. The first kappa shape index (κ1) is 15.8. The van der Waals surface area contributed by atoms with E-state index in [9.17, 15) is 0 Å². The molecule has 0 saturated carbocycles. The lowest BCUT2D eigenvalue weighted by molar-refractivity contribution is 0.477. The van der Waals surface area contributed by atoms with Gasteiger partial charge in [0.1, 0.15) is 0 Å². The lowest BCUT2D eigenvalue weighted by atomic mass is 10.0. The molecule has 2 aromatic rings. The minimum atomic E-state index is 0.283. The second-order valence-electron chi connectivity index (χ2n) is 5.57. The molecule has 5 heteroatoms. The van der Waals surface area contributed by atoms with Crippen LogP contribution < -0.4 is 5.32 Å². The average Bonchev–Trinajstić information content (AvgIpc) is 2.99. The average molecular weight is 289 g/mol. The Labute approximate surface area is 127 Å². The maximum absolute atomic E-state index is 4.53. The molecule has 2 rings (SSSR count). The van der Waals surface area contributed by atoms with Crippen LogP contribution in [0.4, 0.5) is 0 Å². The van der Waals surface area contributed by atoms with Crippen molar-refractivity contribution in [3.63, 3.8) is 0 Å². The third-order valence-corrected chi connectivity index (χ3v) is 4.06. The van der Waals surface area contributed by atoms with Crippen LogP contribution in [0, 0.1) is 13.8 Å². The van der Waals surface area contributed by atoms with Crippen molar-refractivity contribution < 1.29 is 0 Å². The van der Waals surface area contributed by atoms with Crippen molar-refractivity contribution in [1.29, 1.82) is 0 Å². The Bertz CT molecular complexity index is 582. The molecule has 0 bridgehead atoms. The highest BCUT2D eigenvalue weighted by molar-refractivity contribution is 5.27. The Morgan fingerprint density at radius 3 is 2.62 bits per heavy atom. The van der Waals surface area contributed by atoms with Crippen molar-refractivity contribution in [3.05, 3.63) is 34.9 Å². The Morgan fingerprint density at radius 2 is 2.05 bits per heavy atom. The zero-order valence-electron chi connectivity index (χ0n) is 13.8. The van der Waals surface area contributed by atoms with Gasteiger partial charge in [0.05, 0.1) is 17.4 Å². The highest BCUT2D eigenvalue weighted by atomic mass is 15.3. The highest BCUT2D eigenvalue weighted by Gasteiger charge is 2.19. The molecule has 1 atom stereocenters. The largest absolute Gasteiger partial charge is 0.309 e. The first-order chi connectivity index (χ1) is 10.1. The molecule has 5 nitrogen and oxygen atoms in total. The Kier molecular flexibility index (Phi) is 5.17. The van der Waals surface area contributed by atoms with Gasteiger partial charge in [-0.3, -0.25) is 9.36 Å². The van der Waals surface area contributed by atoms with E-state index in [0.29, 0.717) is 0 Å². The predicted molar refractivity (Wildman–Crippen MR) is 85.3 cm³/mol. The minimum Gasteiger partial charge on any atom is -0.309 e. The lowest BCUT2D eigenvalue weighted by Crippen LogP contribution is -2.26. The summed E-state index contributed by atoms with van der Waals surface area (Å²) in [4.78, 5) is 0. The summed E-state index contributed by atoms with van der Waals surface area (Å²) in [6, 6.07) is 2.41. The van der Waals surface area contributed by atoms with Gasteiger partial charge < -0.3 is 5.32 Å². The van der Waals surface area contributed by atoms with Crippen LogP contribution in [0.5, 0.6) is 0 Å². The number of nitrogens with one attached hydrogen (secondary N) is 1. The summed E-state index contributed by atoms with van der Waals surface area (Å²) in [7, 11) is 2.01. The molecule has 1 unspecified atom stereocenters. The molecular formula is C16H27N5. The van der Waals surface area contributed by atoms with Gasteiger partial charge in [0.2, 0.25) is 0 Å². The zero-order chi connectivity index (χ0) is 15.4. The third kappa shape index (κ3) is 3.35. The maximum atomic E-state index is 4.53. The van der Waals surface area contributed by atoms with E-state index >= 15 is 0 Å². The number of likely N-dealkylation sites (N-methyl/N-ethyl adjacent to an activating group) is 1. The van der Waals surface area contributed by atoms with Crippen LogP contribution in [-0.2, 0) is 20.0 Å². The van der Waals surface area contributed by atoms with E-state index in [-0.39, 0.29) is 6.04 Å². The second kappa shape index (κ2) is 6.89. The van der Waals surface area contributed by atoms with E-state index in [2.05, 4.69) is 54.0 Å². The molecule has 0 radical (unpaired) electrons. The summed E-state index contributed by atoms with van der Waals surface area (Å²) in [6.45, 7) is 10.5. The van der Waals surface area contributed by atoms with Gasteiger partial charge in [-0.1, -0.05) is 13.8 Å². The molecule has 21 heavy (non-hydrogen) atoms. The quantitative estimate of drug-likeness (QED) is 0.852. The minimum absolute atomic E-state index is 0.283. The number of rotatable bonds is 7. The normalized spacial score (nSPS) is 12.8. The van der Waals surface area contributed by atoms with Crippen LogP contribution in [0.25, 0.3) is 0 Å². The summed E-state index contributed by atoms with van der Waals surface area (Å²) in [5.74, 6) is 0. The maximum Gasteiger partial charge on any atom is 0.0629 e. The fourth-order valence-electron chi connectivity index (χ4n) is 2.88. The van der Waals surface area contributed by atoms with Crippen molar-refractivity contribution in [2.24, 2.45) is 7.05 Å². The molecule has 0 amide bonds. The lowest BCUT2D eigenvalue weighted by Gasteiger charge is -2.20. The second-order valence-corrected chi connectivity index (χ2v) is 5.57. The van der Waals surface area contributed by atoms with Gasteiger partial charge in [0.25, 0.3) is 0 Å². The summed E-state index contributed by atoms with van der Waals surface area (Å²) >= 11 is 0. The van der Waals surface area contributed by atoms with Crippen LogP contribution in [0.3, 0.4) is 0 Å². The van der Waals surface area contributed by atoms with Gasteiger partial charge >= 0.3 is 0 Å². The molecule has 1 N–H and O–H groups in total. The molecule has 0 spiro atoms. The molecule has 2 heterocycles. The number of aryl methyl sites for hydroxylation is 3. The smallest absolute Gasteiger partial charge is 0.0629 e. The molecule has 0 aliphatic carbocycles. The van der Waals surface area contributed by atoms with Crippen molar-refractivity contribution in [2.75, 3.05) is 6.54 Å².